The van der Waals surface area contributed by atoms with Crippen LogP contribution >= 0.6 is 11.6 Å². The molecule has 3 N–H and O–H groups in total. The average Bonchev–Trinajstić information content (AvgIpc) is 2.60. The fourth-order valence-electron chi connectivity index (χ4n) is 3.38. The lowest BCUT2D eigenvalue weighted by Gasteiger charge is -2.29. The van der Waals surface area contributed by atoms with Crippen LogP contribution in [0.2, 0.25) is 5.02 Å². The van der Waals surface area contributed by atoms with Gasteiger partial charge in [0.1, 0.15) is 5.82 Å². The Labute approximate surface area is 184 Å². The maximum absolute atomic E-state index is 8.43. The van der Waals surface area contributed by atoms with Crippen LogP contribution in [-0.2, 0) is 9.53 Å². The molecule has 1 aromatic heterocycles. The van der Waals surface area contributed by atoms with E-state index in [4.69, 9.17) is 36.6 Å². The second-order valence-corrected chi connectivity index (χ2v) is 8.29. The molecule has 164 valence electrons. The zero-order chi connectivity index (χ0) is 23.1. The standard InChI is InChI=1S/C22H30ClN3O.CH2O2/c1-8-25-21-18(13(2)24)20(16-9-11-17(23)12-10-16)19(14(3)26-21)15(4)27-22(5,6)7;2-1-3/h9-12,15,24H,8H2,1-7H3,(H,25,26);1H,(H,2,3). The highest BCUT2D eigenvalue weighted by Crippen LogP contribution is 2.39. The quantitative estimate of drug-likeness (QED) is 0.377. The zero-order valence-electron chi connectivity index (χ0n) is 18.8. The first-order valence-corrected chi connectivity index (χ1v) is 10.2. The molecule has 1 atom stereocenters. The molecule has 30 heavy (non-hydrogen) atoms. The van der Waals surface area contributed by atoms with E-state index in [1.54, 1.807) is 6.92 Å². The monoisotopic (exact) mass is 433 g/mol. The van der Waals surface area contributed by atoms with Crippen molar-refractivity contribution in [3.05, 3.63) is 46.1 Å². The van der Waals surface area contributed by atoms with Crippen LogP contribution in [-0.4, -0.2) is 34.4 Å². The second-order valence-electron chi connectivity index (χ2n) is 7.85. The van der Waals surface area contributed by atoms with Crippen molar-refractivity contribution in [3.8, 4) is 11.1 Å². The number of carbonyl (C=O) groups is 1. The number of nitrogens with zero attached hydrogens (tertiary/aromatic N) is 1. The molecule has 0 radical (unpaired) electrons. The molecule has 0 fully saturated rings. The number of hydrogen-bond donors (Lipinski definition) is 3. The summed E-state index contributed by atoms with van der Waals surface area (Å²) in [5, 5.41) is 19.3. The van der Waals surface area contributed by atoms with Gasteiger partial charge in [-0.3, -0.25) is 4.79 Å². The van der Waals surface area contributed by atoms with Gasteiger partial charge in [-0.25, -0.2) is 4.98 Å². The summed E-state index contributed by atoms with van der Waals surface area (Å²) in [5.41, 5.74) is 4.89. The van der Waals surface area contributed by atoms with E-state index < -0.39 is 0 Å². The maximum atomic E-state index is 8.43. The number of carboxylic acid groups (broad SMARTS) is 1. The van der Waals surface area contributed by atoms with Gasteiger partial charge in [0.25, 0.3) is 6.47 Å². The van der Waals surface area contributed by atoms with Crippen molar-refractivity contribution < 1.29 is 14.6 Å². The first-order chi connectivity index (χ1) is 14.0. The van der Waals surface area contributed by atoms with Gasteiger partial charge in [-0.1, -0.05) is 23.7 Å². The lowest BCUT2D eigenvalue weighted by Crippen LogP contribution is -2.23. The molecule has 2 rings (SSSR count). The summed E-state index contributed by atoms with van der Waals surface area (Å²) in [6, 6.07) is 7.74. The van der Waals surface area contributed by atoms with E-state index in [9.17, 15) is 0 Å². The van der Waals surface area contributed by atoms with Gasteiger partial charge in [-0.05, 0) is 66.2 Å². The minimum Gasteiger partial charge on any atom is -0.483 e. The summed E-state index contributed by atoms with van der Waals surface area (Å²) >= 11 is 6.11. The Morgan fingerprint density at radius 3 is 2.30 bits per heavy atom. The molecule has 1 aromatic carbocycles. The van der Waals surface area contributed by atoms with Crippen molar-refractivity contribution in [1.82, 2.24) is 4.98 Å². The van der Waals surface area contributed by atoms with Crippen molar-refractivity contribution in [2.45, 2.75) is 60.2 Å². The van der Waals surface area contributed by atoms with Crippen molar-refractivity contribution in [3.63, 3.8) is 0 Å². The van der Waals surface area contributed by atoms with Gasteiger partial charge in [0, 0.05) is 39.7 Å². The number of nitrogens with one attached hydrogen (secondary N) is 2. The SMILES string of the molecule is CCNc1nc(C)c(C(C)OC(C)(C)C)c(-c2ccc(Cl)cc2)c1C(C)=N.O=CO. The molecule has 0 saturated carbocycles. The first kappa shape index (κ1) is 25.6. The molecule has 0 spiro atoms. The van der Waals surface area contributed by atoms with Crippen molar-refractivity contribution in [2.24, 2.45) is 0 Å². The molecule has 0 aliphatic carbocycles. The number of anilines is 1. The van der Waals surface area contributed by atoms with E-state index in [0.29, 0.717) is 10.7 Å². The smallest absolute Gasteiger partial charge is 0.290 e. The van der Waals surface area contributed by atoms with Crippen LogP contribution in [0.4, 0.5) is 5.82 Å². The highest BCUT2D eigenvalue weighted by molar-refractivity contribution is 6.30. The maximum Gasteiger partial charge on any atom is 0.290 e. The molecular formula is C23H32ClN3O3. The van der Waals surface area contributed by atoms with Gasteiger partial charge >= 0.3 is 0 Å². The first-order valence-electron chi connectivity index (χ1n) is 9.82. The van der Waals surface area contributed by atoms with Crippen molar-refractivity contribution >= 4 is 29.6 Å². The summed E-state index contributed by atoms with van der Waals surface area (Å²) in [4.78, 5) is 13.1. The Bertz CT molecular complexity index is 875. The number of pyridine rings is 1. The van der Waals surface area contributed by atoms with Crippen LogP contribution in [0.1, 0.15) is 64.5 Å². The minimum atomic E-state index is -0.288. The summed E-state index contributed by atoms with van der Waals surface area (Å²) in [6.07, 6.45) is -0.169. The molecule has 1 heterocycles. The molecule has 0 amide bonds. The zero-order valence-corrected chi connectivity index (χ0v) is 19.5. The Hall–Kier alpha value is -2.44. The van der Waals surface area contributed by atoms with E-state index in [0.717, 1.165) is 40.3 Å². The third-order valence-corrected chi connectivity index (χ3v) is 4.47. The lowest BCUT2D eigenvalue weighted by molar-refractivity contribution is -0.122. The number of rotatable bonds is 6. The molecule has 7 heteroatoms. The summed E-state index contributed by atoms with van der Waals surface area (Å²) < 4.78 is 6.27. The summed E-state index contributed by atoms with van der Waals surface area (Å²) in [6.45, 7) is 14.5. The van der Waals surface area contributed by atoms with E-state index in [1.165, 1.54) is 0 Å². The molecule has 0 saturated heterocycles. The molecule has 2 aromatic rings. The van der Waals surface area contributed by atoms with Crippen LogP contribution in [0.5, 0.6) is 0 Å². The van der Waals surface area contributed by atoms with E-state index in [1.807, 2.05) is 65.8 Å². The fraction of sp³-hybridized carbons (Fsp3) is 0.435. The van der Waals surface area contributed by atoms with E-state index in [2.05, 4.69) is 5.32 Å². The highest BCUT2D eigenvalue weighted by atomic mass is 35.5. The number of benzene rings is 1. The number of aryl methyl sites for hydroxylation is 1. The third kappa shape index (κ3) is 6.82. The van der Waals surface area contributed by atoms with Crippen LogP contribution in [0.15, 0.2) is 24.3 Å². The summed E-state index contributed by atoms with van der Waals surface area (Å²) in [5.74, 6) is 0.735. The Balaban J connectivity index is 0.00000141. The van der Waals surface area contributed by atoms with Crippen LogP contribution in [0.25, 0.3) is 11.1 Å². The molecule has 0 bridgehead atoms. The van der Waals surface area contributed by atoms with Crippen molar-refractivity contribution in [2.75, 3.05) is 11.9 Å². The molecule has 1 unspecified atom stereocenters. The Kier molecular flexibility index (Phi) is 9.46. The largest absolute Gasteiger partial charge is 0.483 e. The number of halogens is 1. The van der Waals surface area contributed by atoms with Crippen LogP contribution in [0, 0.1) is 12.3 Å². The molecular weight excluding hydrogens is 402 g/mol. The number of hydrogen-bond acceptors (Lipinski definition) is 5. The predicted octanol–water partition coefficient (Wildman–Crippen LogP) is 6.11. The summed E-state index contributed by atoms with van der Waals surface area (Å²) in [7, 11) is 0. The average molecular weight is 434 g/mol. The fourth-order valence-corrected chi connectivity index (χ4v) is 3.51. The van der Waals surface area contributed by atoms with Gasteiger partial charge in [0.2, 0.25) is 0 Å². The minimum absolute atomic E-state index is 0.169. The van der Waals surface area contributed by atoms with Crippen LogP contribution < -0.4 is 5.32 Å². The van der Waals surface area contributed by atoms with Gasteiger partial charge in [-0.2, -0.15) is 0 Å². The second kappa shape index (κ2) is 11.1. The van der Waals surface area contributed by atoms with E-state index in [-0.39, 0.29) is 18.2 Å². The lowest BCUT2D eigenvalue weighted by atomic mass is 9.89. The van der Waals surface area contributed by atoms with Gasteiger partial charge < -0.3 is 20.6 Å². The van der Waals surface area contributed by atoms with Gasteiger partial charge in [-0.15, -0.1) is 0 Å². The Morgan fingerprint density at radius 2 is 1.87 bits per heavy atom. The van der Waals surface area contributed by atoms with Gasteiger partial charge in [0.15, 0.2) is 0 Å². The van der Waals surface area contributed by atoms with Crippen LogP contribution in [0.3, 0.4) is 0 Å². The molecule has 0 aliphatic rings. The van der Waals surface area contributed by atoms with Gasteiger partial charge in [0.05, 0.1) is 11.7 Å². The number of aromatic nitrogens is 1. The predicted molar refractivity (Wildman–Crippen MR) is 124 cm³/mol. The van der Waals surface area contributed by atoms with E-state index >= 15 is 0 Å². The molecule has 0 aliphatic heterocycles. The normalized spacial score (nSPS) is 11.9. The highest BCUT2D eigenvalue weighted by Gasteiger charge is 2.26. The van der Waals surface area contributed by atoms with Crippen molar-refractivity contribution in [1.29, 1.82) is 5.41 Å². The topological polar surface area (TPSA) is 95.3 Å². The third-order valence-electron chi connectivity index (χ3n) is 4.21. The molecule has 6 nitrogen and oxygen atoms in total. The Morgan fingerprint density at radius 1 is 1.33 bits per heavy atom. The number of ether oxygens (including phenoxy) is 1.